The van der Waals surface area contributed by atoms with E-state index >= 15 is 0 Å². The summed E-state index contributed by atoms with van der Waals surface area (Å²) in [4.78, 5) is 11.9. The number of halogens is 3. The maximum atomic E-state index is 11.9. The predicted octanol–water partition coefficient (Wildman–Crippen LogP) is 4.23. The van der Waals surface area contributed by atoms with E-state index in [4.69, 9.17) is 23.2 Å². The third kappa shape index (κ3) is 3.97. The van der Waals surface area contributed by atoms with Crippen molar-refractivity contribution in [2.45, 2.75) is 0 Å². The highest BCUT2D eigenvalue weighted by Gasteiger charge is 2.10. The van der Waals surface area contributed by atoms with Crippen molar-refractivity contribution in [3.8, 4) is 5.75 Å². The van der Waals surface area contributed by atoms with E-state index < -0.39 is 5.91 Å². The fourth-order valence-corrected chi connectivity index (χ4v) is 2.40. The topological polar surface area (TPSA) is 61.7 Å². The van der Waals surface area contributed by atoms with Crippen LogP contribution < -0.4 is 5.43 Å². The molecule has 0 saturated heterocycles. The Kier molecular flexibility index (Phi) is 5.22. The van der Waals surface area contributed by atoms with Gasteiger partial charge in [0.05, 0.1) is 21.8 Å². The molecule has 0 aliphatic rings. The first-order valence-electron chi connectivity index (χ1n) is 5.75. The van der Waals surface area contributed by atoms with Crippen LogP contribution >= 0.6 is 39.1 Å². The van der Waals surface area contributed by atoms with Crippen molar-refractivity contribution in [2.75, 3.05) is 0 Å². The predicted molar refractivity (Wildman–Crippen MR) is 87.3 cm³/mol. The van der Waals surface area contributed by atoms with Gasteiger partial charge in [-0.2, -0.15) is 5.10 Å². The molecule has 4 nitrogen and oxygen atoms in total. The van der Waals surface area contributed by atoms with Gasteiger partial charge in [0.2, 0.25) is 0 Å². The van der Waals surface area contributed by atoms with Crippen molar-refractivity contribution in [1.29, 1.82) is 0 Å². The van der Waals surface area contributed by atoms with E-state index in [0.29, 0.717) is 20.1 Å². The summed E-state index contributed by atoms with van der Waals surface area (Å²) in [5.41, 5.74) is 2.91. The van der Waals surface area contributed by atoms with Crippen molar-refractivity contribution in [1.82, 2.24) is 5.43 Å². The van der Waals surface area contributed by atoms with E-state index in [1.54, 1.807) is 24.3 Å². The number of rotatable bonds is 3. The van der Waals surface area contributed by atoms with Crippen molar-refractivity contribution in [3.63, 3.8) is 0 Å². The number of hydrogen-bond donors (Lipinski definition) is 2. The lowest BCUT2D eigenvalue weighted by atomic mass is 10.2. The van der Waals surface area contributed by atoms with Crippen LogP contribution in [0.1, 0.15) is 15.9 Å². The Hall–Kier alpha value is -1.56. The zero-order valence-electron chi connectivity index (χ0n) is 10.5. The SMILES string of the molecule is O=C(NN=Cc1c(Cl)cccc1Cl)c1cc(Br)ccc1O. The van der Waals surface area contributed by atoms with Gasteiger partial charge in [0.15, 0.2) is 0 Å². The molecule has 0 aliphatic carbocycles. The molecule has 0 bridgehead atoms. The smallest absolute Gasteiger partial charge is 0.275 e. The number of hydrazone groups is 1. The fraction of sp³-hybridized carbons (Fsp3) is 0. The van der Waals surface area contributed by atoms with E-state index in [9.17, 15) is 9.90 Å². The van der Waals surface area contributed by atoms with Gasteiger partial charge in [-0.1, -0.05) is 45.2 Å². The molecule has 2 aromatic rings. The first-order chi connectivity index (χ1) is 9.99. The Morgan fingerprint density at radius 3 is 2.57 bits per heavy atom. The molecule has 0 atom stereocenters. The van der Waals surface area contributed by atoms with Crippen molar-refractivity contribution in [2.24, 2.45) is 5.10 Å². The molecule has 0 spiro atoms. The van der Waals surface area contributed by atoms with Crippen LogP contribution in [0.5, 0.6) is 5.75 Å². The summed E-state index contributed by atoms with van der Waals surface area (Å²) < 4.78 is 0.670. The van der Waals surface area contributed by atoms with Gasteiger partial charge in [0.25, 0.3) is 5.91 Å². The van der Waals surface area contributed by atoms with Crippen molar-refractivity contribution in [3.05, 3.63) is 62.0 Å². The lowest BCUT2D eigenvalue weighted by Gasteiger charge is -2.04. The molecule has 21 heavy (non-hydrogen) atoms. The first kappa shape index (κ1) is 15.8. The Morgan fingerprint density at radius 2 is 1.90 bits per heavy atom. The first-order valence-corrected chi connectivity index (χ1v) is 7.30. The second-order valence-corrected chi connectivity index (χ2v) is 5.73. The van der Waals surface area contributed by atoms with Gasteiger partial charge in [0, 0.05) is 10.0 Å². The minimum absolute atomic E-state index is 0.104. The number of nitrogens with one attached hydrogen (secondary N) is 1. The molecule has 0 aromatic heterocycles. The lowest BCUT2D eigenvalue weighted by Crippen LogP contribution is -2.17. The van der Waals surface area contributed by atoms with Crippen LogP contribution in [-0.4, -0.2) is 17.2 Å². The standard InChI is InChI=1S/C14H9BrCl2N2O2/c15-8-4-5-13(20)9(6-8)14(21)19-18-7-10-11(16)2-1-3-12(10)17/h1-7,20H,(H,19,21). The summed E-state index contributed by atoms with van der Waals surface area (Å²) in [5.74, 6) is -0.685. The Bertz CT molecular complexity index is 700. The van der Waals surface area contributed by atoms with Crippen LogP contribution in [0.25, 0.3) is 0 Å². The Morgan fingerprint density at radius 1 is 1.24 bits per heavy atom. The average molecular weight is 388 g/mol. The minimum atomic E-state index is -0.548. The van der Waals surface area contributed by atoms with Crippen LogP contribution in [0.4, 0.5) is 0 Å². The summed E-state index contributed by atoms with van der Waals surface area (Å²) in [6.07, 6.45) is 1.34. The number of phenolic OH excluding ortho intramolecular Hbond substituents is 1. The summed E-state index contributed by atoms with van der Waals surface area (Å²) >= 11 is 15.2. The molecule has 108 valence electrons. The third-order valence-corrected chi connectivity index (χ3v) is 3.72. The number of aromatic hydroxyl groups is 1. The van der Waals surface area contributed by atoms with Crippen LogP contribution in [-0.2, 0) is 0 Å². The van der Waals surface area contributed by atoms with Crippen molar-refractivity contribution >= 4 is 51.3 Å². The fourth-order valence-electron chi connectivity index (χ4n) is 1.54. The molecule has 2 N–H and O–H groups in total. The van der Waals surface area contributed by atoms with Gasteiger partial charge in [-0.15, -0.1) is 0 Å². The van der Waals surface area contributed by atoms with Crippen LogP contribution in [0.2, 0.25) is 10.0 Å². The maximum absolute atomic E-state index is 11.9. The summed E-state index contributed by atoms with van der Waals surface area (Å²) in [6, 6.07) is 9.56. The quantitative estimate of drug-likeness (QED) is 0.611. The molecule has 2 rings (SSSR count). The molecule has 0 fully saturated rings. The Balaban J connectivity index is 2.14. The normalized spacial score (nSPS) is 10.8. The molecular formula is C14H9BrCl2N2O2. The number of benzene rings is 2. The van der Waals surface area contributed by atoms with Gasteiger partial charge in [-0.3, -0.25) is 4.79 Å². The lowest BCUT2D eigenvalue weighted by molar-refractivity contribution is 0.0952. The molecule has 0 heterocycles. The number of phenols is 1. The molecule has 0 aliphatic heterocycles. The monoisotopic (exact) mass is 386 g/mol. The number of nitrogens with zero attached hydrogens (tertiary/aromatic N) is 1. The van der Waals surface area contributed by atoms with E-state index in [2.05, 4.69) is 26.5 Å². The Labute approximate surface area is 139 Å². The number of carbonyl (C=O) groups excluding carboxylic acids is 1. The van der Waals surface area contributed by atoms with E-state index in [1.807, 2.05) is 0 Å². The van der Waals surface area contributed by atoms with E-state index in [0.717, 1.165) is 0 Å². The molecule has 2 aromatic carbocycles. The summed E-state index contributed by atoms with van der Waals surface area (Å²) in [7, 11) is 0. The van der Waals surface area contributed by atoms with Crippen LogP contribution in [0, 0.1) is 0 Å². The molecule has 7 heteroatoms. The summed E-state index contributed by atoms with van der Waals surface area (Å²) in [5, 5.41) is 14.3. The van der Waals surface area contributed by atoms with Gasteiger partial charge in [-0.25, -0.2) is 5.43 Å². The van der Waals surface area contributed by atoms with E-state index in [-0.39, 0.29) is 11.3 Å². The molecule has 1 amide bonds. The van der Waals surface area contributed by atoms with Gasteiger partial charge in [-0.05, 0) is 30.3 Å². The zero-order valence-corrected chi connectivity index (χ0v) is 13.6. The molecule has 0 saturated carbocycles. The molecule has 0 radical (unpaired) electrons. The third-order valence-electron chi connectivity index (χ3n) is 2.56. The summed E-state index contributed by atoms with van der Waals surface area (Å²) in [6.45, 7) is 0. The largest absolute Gasteiger partial charge is 0.507 e. The second kappa shape index (κ2) is 6.93. The van der Waals surface area contributed by atoms with Gasteiger partial charge in [0.1, 0.15) is 5.75 Å². The highest BCUT2D eigenvalue weighted by atomic mass is 79.9. The number of hydrogen-bond acceptors (Lipinski definition) is 3. The highest BCUT2D eigenvalue weighted by Crippen LogP contribution is 2.23. The van der Waals surface area contributed by atoms with Crippen LogP contribution in [0.3, 0.4) is 0 Å². The van der Waals surface area contributed by atoms with Crippen molar-refractivity contribution < 1.29 is 9.90 Å². The minimum Gasteiger partial charge on any atom is -0.507 e. The van der Waals surface area contributed by atoms with Crippen LogP contribution in [0.15, 0.2) is 46.0 Å². The van der Waals surface area contributed by atoms with Gasteiger partial charge < -0.3 is 5.11 Å². The number of amides is 1. The highest BCUT2D eigenvalue weighted by molar-refractivity contribution is 9.10. The molecular weight excluding hydrogens is 379 g/mol. The van der Waals surface area contributed by atoms with Gasteiger partial charge >= 0.3 is 0 Å². The zero-order chi connectivity index (χ0) is 15.4. The number of carbonyl (C=O) groups is 1. The van der Waals surface area contributed by atoms with E-state index in [1.165, 1.54) is 18.3 Å². The average Bonchev–Trinajstić information content (AvgIpc) is 2.44. The molecule has 0 unspecified atom stereocenters. The second-order valence-electron chi connectivity index (χ2n) is 4.00. The maximum Gasteiger partial charge on any atom is 0.275 e.